The van der Waals surface area contributed by atoms with E-state index in [9.17, 15) is 9.18 Å². The molecule has 92 valence electrons. The van der Waals surface area contributed by atoms with Gasteiger partial charge in [-0.05, 0) is 30.3 Å². The fourth-order valence-corrected chi connectivity index (χ4v) is 1.64. The van der Waals surface area contributed by atoms with Crippen LogP contribution in [-0.4, -0.2) is 5.91 Å². The van der Waals surface area contributed by atoms with E-state index in [0.717, 1.165) is 11.8 Å². The number of halogens is 2. The highest BCUT2D eigenvalue weighted by atomic mass is 35.5. The van der Waals surface area contributed by atoms with Crippen molar-refractivity contribution in [1.82, 2.24) is 5.43 Å². The fraction of sp³-hybridized carbons (Fsp3) is 0. The maximum absolute atomic E-state index is 12.8. The molecule has 0 radical (unpaired) electrons. The van der Waals surface area contributed by atoms with Crippen molar-refractivity contribution in [1.29, 1.82) is 0 Å². The number of benzene rings is 2. The largest absolute Gasteiger partial charge is 0.298 e. The molecule has 0 unspecified atom stereocenters. The molecule has 0 aliphatic heterocycles. The van der Waals surface area contributed by atoms with Crippen LogP contribution < -0.4 is 10.9 Å². The monoisotopic (exact) mass is 264 g/mol. The predicted octanol–water partition coefficient (Wildman–Crippen LogP) is 3.24. The van der Waals surface area contributed by atoms with Gasteiger partial charge in [-0.15, -0.1) is 0 Å². The molecule has 2 N–H and O–H groups in total. The van der Waals surface area contributed by atoms with Gasteiger partial charge in [0.25, 0.3) is 5.91 Å². The molecule has 0 saturated heterocycles. The molecular weight excluding hydrogens is 255 g/mol. The second-order valence-electron chi connectivity index (χ2n) is 3.57. The van der Waals surface area contributed by atoms with Crippen molar-refractivity contribution in [2.45, 2.75) is 0 Å². The number of para-hydroxylation sites is 1. The average molecular weight is 265 g/mol. The SMILES string of the molecule is O=C(NNc1ccccc1)c1ccc(F)cc1Cl. The number of nitrogens with one attached hydrogen (secondary N) is 2. The van der Waals surface area contributed by atoms with Crippen molar-refractivity contribution in [2.75, 3.05) is 5.43 Å². The van der Waals surface area contributed by atoms with E-state index in [0.29, 0.717) is 0 Å². The van der Waals surface area contributed by atoms with Crippen LogP contribution in [0.15, 0.2) is 48.5 Å². The molecule has 0 fully saturated rings. The number of hydrazine groups is 1. The van der Waals surface area contributed by atoms with Crippen LogP contribution in [0, 0.1) is 5.82 Å². The first kappa shape index (κ1) is 12.4. The normalized spacial score (nSPS) is 9.89. The van der Waals surface area contributed by atoms with Gasteiger partial charge in [-0.3, -0.25) is 15.6 Å². The lowest BCUT2D eigenvalue weighted by Crippen LogP contribution is -2.29. The van der Waals surface area contributed by atoms with Gasteiger partial charge in [-0.1, -0.05) is 29.8 Å². The minimum absolute atomic E-state index is 0.0716. The van der Waals surface area contributed by atoms with Crippen LogP contribution in [0.3, 0.4) is 0 Å². The van der Waals surface area contributed by atoms with Gasteiger partial charge in [0.2, 0.25) is 0 Å². The summed E-state index contributed by atoms with van der Waals surface area (Å²) in [5.41, 5.74) is 6.16. The number of rotatable bonds is 3. The minimum atomic E-state index is -0.479. The maximum atomic E-state index is 12.8. The second-order valence-corrected chi connectivity index (χ2v) is 3.98. The lowest BCUT2D eigenvalue weighted by molar-refractivity contribution is 0.0963. The van der Waals surface area contributed by atoms with Crippen LogP contribution in [-0.2, 0) is 0 Å². The molecule has 2 aromatic rings. The van der Waals surface area contributed by atoms with E-state index in [4.69, 9.17) is 11.6 Å². The van der Waals surface area contributed by atoms with Crippen molar-refractivity contribution in [3.63, 3.8) is 0 Å². The number of carbonyl (C=O) groups excluding carboxylic acids is 1. The molecule has 0 aromatic heterocycles. The summed E-state index contributed by atoms with van der Waals surface area (Å²) in [5.74, 6) is -0.906. The zero-order valence-electron chi connectivity index (χ0n) is 9.28. The zero-order valence-corrected chi connectivity index (χ0v) is 10.0. The van der Waals surface area contributed by atoms with Crippen molar-refractivity contribution >= 4 is 23.2 Å². The molecule has 0 aliphatic carbocycles. The van der Waals surface area contributed by atoms with Crippen LogP contribution in [0.4, 0.5) is 10.1 Å². The molecule has 0 atom stereocenters. The first-order valence-electron chi connectivity index (χ1n) is 5.23. The molecule has 2 aromatic carbocycles. The standard InChI is InChI=1S/C13H10ClFN2O/c14-12-8-9(15)6-7-11(12)13(18)17-16-10-4-2-1-3-5-10/h1-8,16H,(H,17,18). The highest BCUT2D eigenvalue weighted by Crippen LogP contribution is 2.17. The Bertz CT molecular complexity index is 560. The van der Waals surface area contributed by atoms with Crippen LogP contribution in [0.1, 0.15) is 10.4 Å². The second kappa shape index (κ2) is 5.51. The van der Waals surface area contributed by atoms with Gasteiger partial charge in [0.05, 0.1) is 16.3 Å². The van der Waals surface area contributed by atoms with Gasteiger partial charge in [0.15, 0.2) is 0 Å². The first-order chi connectivity index (χ1) is 8.66. The molecule has 0 aliphatic rings. The topological polar surface area (TPSA) is 41.1 Å². The van der Waals surface area contributed by atoms with Crippen LogP contribution in [0.5, 0.6) is 0 Å². The number of anilines is 1. The summed E-state index contributed by atoms with van der Waals surface area (Å²) in [6.07, 6.45) is 0. The predicted molar refractivity (Wildman–Crippen MR) is 68.9 cm³/mol. The third kappa shape index (κ3) is 2.99. The zero-order chi connectivity index (χ0) is 13.0. The van der Waals surface area contributed by atoms with Gasteiger partial charge >= 0.3 is 0 Å². The van der Waals surface area contributed by atoms with E-state index in [1.54, 1.807) is 12.1 Å². The molecule has 1 amide bonds. The van der Waals surface area contributed by atoms with Crippen LogP contribution >= 0.6 is 11.6 Å². The van der Waals surface area contributed by atoms with Crippen molar-refractivity contribution in [3.05, 3.63) is 64.9 Å². The summed E-state index contributed by atoms with van der Waals surface area (Å²) in [5, 5.41) is 0.0716. The van der Waals surface area contributed by atoms with Crippen LogP contribution in [0.2, 0.25) is 5.02 Å². The Balaban J connectivity index is 2.04. The van der Waals surface area contributed by atoms with Crippen LogP contribution in [0.25, 0.3) is 0 Å². The van der Waals surface area contributed by atoms with Gasteiger partial charge < -0.3 is 0 Å². The Morgan fingerprint density at radius 2 is 1.83 bits per heavy atom. The molecule has 3 nitrogen and oxygen atoms in total. The molecule has 5 heteroatoms. The van der Waals surface area contributed by atoms with Gasteiger partial charge in [-0.25, -0.2) is 4.39 Å². The Kier molecular flexibility index (Phi) is 3.79. The number of hydrogen-bond donors (Lipinski definition) is 2. The van der Waals surface area contributed by atoms with E-state index in [1.165, 1.54) is 12.1 Å². The molecule has 0 bridgehead atoms. The maximum Gasteiger partial charge on any atom is 0.271 e. The lowest BCUT2D eigenvalue weighted by atomic mass is 10.2. The Morgan fingerprint density at radius 3 is 2.50 bits per heavy atom. The van der Waals surface area contributed by atoms with Crippen molar-refractivity contribution < 1.29 is 9.18 Å². The summed E-state index contributed by atoms with van der Waals surface area (Å²) in [6.45, 7) is 0. The lowest BCUT2D eigenvalue weighted by Gasteiger charge is -2.09. The van der Waals surface area contributed by atoms with E-state index in [1.807, 2.05) is 18.2 Å². The Hall–Kier alpha value is -2.07. The van der Waals surface area contributed by atoms with Gasteiger partial charge in [0, 0.05) is 0 Å². The van der Waals surface area contributed by atoms with E-state index in [-0.39, 0.29) is 10.6 Å². The highest BCUT2D eigenvalue weighted by Gasteiger charge is 2.10. The van der Waals surface area contributed by atoms with Gasteiger partial charge in [0.1, 0.15) is 5.82 Å². The summed E-state index contributed by atoms with van der Waals surface area (Å²) >= 11 is 5.78. The summed E-state index contributed by atoms with van der Waals surface area (Å²) < 4.78 is 12.8. The van der Waals surface area contributed by atoms with E-state index in [2.05, 4.69) is 10.9 Å². The number of hydrogen-bond acceptors (Lipinski definition) is 2. The smallest absolute Gasteiger partial charge is 0.271 e. The van der Waals surface area contributed by atoms with Crippen molar-refractivity contribution in [3.8, 4) is 0 Å². The molecule has 0 heterocycles. The minimum Gasteiger partial charge on any atom is -0.298 e. The molecule has 18 heavy (non-hydrogen) atoms. The molecule has 0 spiro atoms. The Labute approximate surface area is 109 Å². The Morgan fingerprint density at radius 1 is 1.11 bits per heavy atom. The third-order valence-electron chi connectivity index (χ3n) is 2.27. The summed E-state index contributed by atoms with van der Waals surface area (Å²) in [4.78, 5) is 11.8. The molecular formula is C13H10ClFN2O. The highest BCUT2D eigenvalue weighted by molar-refractivity contribution is 6.33. The number of amides is 1. The van der Waals surface area contributed by atoms with Crippen molar-refractivity contribution in [2.24, 2.45) is 0 Å². The van der Waals surface area contributed by atoms with Gasteiger partial charge in [-0.2, -0.15) is 0 Å². The fourth-order valence-electron chi connectivity index (χ4n) is 1.39. The van der Waals surface area contributed by atoms with E-state index < -0.39 is 11.7 Å². The van der Waals surface area contributed by atoms with E-state index >= 15 is 0 Å². The average Bonchev–Trinajstić information content (AvgIpc) is 2.37. The first-order valence-corrected chi connectivity index (χ1v) is 5.61. The molecule has 2 rings (SSSR count). The summed E-state index contributed by atoms with van der Waals surface area (Å²) in [6, 6.07) is 12.7. The number of carbonyl (C=O) groups is 1. The quantitative estimate of drug-likeness (QED) is 0.836. The summed E-state index contributed by atoms with van der Waals surface area (Å²) in [7, 11) is 0. The molecule has 0 saturated carbocycles. The third-order valence-corrected chi connectivity index (χ3v) is 2.58.